The van der Waals surface area contributed by atoms with Crippen LogP contribution in [0.3, 0.4) is 0 Å². The topological polar surface area (TPSA) is 204 Å². The predicted molar refractivity (Wildman–Crippen MR) is 148 cm³/mol. The number of H-pyrrole nitrogens is 1. The largest absolute Gasteiger partial charge is 0.497 e. The maximum Gasteiger partial charge on any atom is 0.414 e. The van der Waals surface area contributed by atoms with Crippen molar-refractivity contribution in [3.05, 3.63) is 70.2 Å². The van der Waals surface area contributed by atoms with Crippen LogP contribution in [0.25, 0.3) is 21.9 Å². The average molecular weight is 567 g/mol. The Labute approximate surface area is 233 Å². The lowest BCUT2D eigenvalue weighted by atomic mass is 10.0. The van der Waals surface area contributed by atoms with Gasteiger partial charge in [-0.3, -0.25) is 15.1 Å². The third-order valence-corrected chi connectivity index (χ3v) is 6.84. The van der Waals surface area contributed by atoms with Gasteiger partial charge in [0.25, 0.3) is 5.69 Å². The van der Waals surface area contributed by atoms with E-state index in [1.165, 1.54) is 6.07 Å². The number of likely N-dealkylation sites (tertiary alicyclic amines) is 1. The van der Waals surface area contributed by atoms with E-state index < -0.39 is 23.0 Å². The molecule has 1 aliphatic rings. The second-order valence-corrected chi connectivity index (χ2v) is 9.48. The molecule has 0 aliphatic carbocycles. The number of piperidine rings is 1. The fourth-order valence-corrected chi connectivity index (χ4v) is 4.77. The van der Waals surface area contributed by atoms with Crippen LogP contribution in [0.5, 0.6) is 5.75 Å². The number of ether oxygens (including phenoxy) is 1. The number of para-hydroxylation sites is 1. The van der Waals surface area contributed by atoms with Gasteiger partial charge in [-0.15, -0.1) is 0 Å². The molecule has 0 bridgehead atoms. The number of fused-ring (bicyclic) bond motifs is 2. The van der Waals surface area contributed by atoms with Crippen molar-refractivity contribution in [1.82, 2.24) is 25.2 Å². The van der Waals surface area contributed by atoms with Gasteiger partial charge in [-0.05, 0) is 61.8 Å². The van der Waals surface area contributed by atoms with Crippen molar-refractivity contribution in [1.29, 1.82) is 0 Å². The summed E-state index contributed by atoms with van der Waals surface area (Å²) in [7, 11) is 1.63. The van der Waals surface area contributed by atoms with Gasteiger partial charge in [-0.1, -0.05) is 6.07 Å². The number of hydrogen-bond donors (Lipinski definition) is 5. The number of nitro groups is 1. The standard InChI is InChI=1S/C25H28N6O4.C2H2O4/c1-35-17-5-6-20-19(13-17)18(7-10-26-20)23(32)15-30-11-8-16(9-12-30)27-14-24-28-21-3-2-4-22(31(33)34)25(21)29-24;3-1(4)2(5)6/h2-7,10,13,16,23,27,32H,8-9,11-12,14-15H2,1H3,(H,28,29);(H,3,4)(H,5,6)/t23-;/m0./s1. The third kappa shape index (κ3) is 7.30. The summed E-state index contributed by atoms with van der Waals surface area (Å²) < 4.78 is 5.34. The lowest BCUT2D eigenvalue weighted by Gasteiger charge is -2.33. The number of aliphatic carboxylic acids is 2. The lowest BCUT2D eigenvalue weighted by Crippen LogP contribution is -2.43. The molecule has 0 amide bonds. The molecule has 5 N–H and O–H groups in total. The number of benzene rings is 2. The first-order valence-electron chi connectivity index (χ1n) is 12.8. The first-order chi connectivity index (χ1) is 19.7. The number of β-amino-alcohol motifs (C(OH)–C–C–N with tert-alkyl or cyclic N) is 1. The number of nitrogens with zero attached hydrogens (tertiary/aromatic N) is 4. The molecule has 1 fully saturated rings. The summed E-state index contributed by atoms with van der Waals surface area (Å²) in [6, 6.07) is 12.8. The molecule has 41 heavy (non-hydrogen) atoms. The van der Waals surface area contributed by atoms with E-state index in [1.54, 1.807) is 25.4 Å². The number of carboxylic acid groups (broad SMARTS) is 2. The Kier molecular flexibility index (Phi) is 9.39. The highest BCUT2D eigenvalue weighted by Gasteiger charge is 2.23. The minimum Gasteiger partial charge on any atom is -0.497 e. The summed E-state index contributed by atoms with van der Waals surface area (Å²) in [6.07, 6.45) is 3.00. The highest BCUT2D eigenvalue weighted by molar-refractivity contribution is 6.27. The number of nitrogens with one attached hydrogen (secondary N) is 2. The lowest BCUT2D eigenvalue weighted by molar-refractivity contribution is -0.383. The molecule has 14 heteroatoms. The number of aromatic nitrogens is 3. The second kappa shape index (κ2) is 13.1. The fraction of sp³-hybridized carbons (Fsp3) is 0.333. The SMILES string of the molecule is COc1ccc2nccc([C@@H](O)CN3CCC(NCc4nc5c([N+](=O)[O-])cccc5[nH]4)CC3)c2c1.O=C(O)C(=O)O. The van der Waals surface area contributed by atoms with Gasteiger partial charge >= 0.3 is 11.9 Å². The van der Waals surface area contributed by atoms with E-state index in [-0.39, 0.29) is 5.69 Å². The molecule has 14 nitrogen and oxygen atoms in total. The van der Waals surface area contributed by atoms with Crippen LogP contribution >= 0.6 is 0 Å². The molecular weight excluding hydrogens is 536 g/mol. The van der Waals surface area contributed by atoms with Crippen LogP contribution in [0.2, 0.25) is 0 Å². The number of aliphatic hydroxyl groups excluding tert-OH is 1. The van der Waals surface area contributed by atoms with E-state index in [0.29, 0.717) is 36.0 Å². The minimum absolute atomic E-state index is 0.0114. The molecule has 0 radical (unpaired) electrons. The van der Waals surface area contributed by atoms with Crippen LogP contribution in [-0.2, 0) is 16.1 Å². The van der Waals surface area contributed by atoms with Crippen LogP contribution in [0.1, 0.15) is 30.3 Å². The number of nitro benzene ring substituents is 1. The zero-order valence-electron chi connectivity index (χ0n) is 22.2. The van der Waals surface area contributed by atoms with E-state index in [2.05, 4.69) is 25.2 Å². The zero-order chi connectivity index (χ0) is 29.5. The maximum atomic E-state index is 11.2. The minimum atomic E-state index is -1.82. The van der Waals surface area contributed by atoms with Crippen molar-refractivity contribution in [3.8, 4) is 5.75 Å². The van der Waals surface area contributed by atoms with Gasteiger partial charge in [0, 0.05) is 30.2 Å². The zero-order valence-corrected chi connectivity index (χ0v) is 22.2. The van der Waals surface area contributed by atoms with Gasteiger partial charge in [-0.2, -0.15) is 0 Å². The normalized spacial score (nSPS) is 14.8. The monoisotopic (exact) mass is 566 g/mol. The number of non-ortho nitro benzene ring substituents is 1. The van der Waals surface area contributed by atoms with E-state index in [1.807, 2.05) is 24.3 Å². The Morgan fingerprint density at radius 3 is 2.59 bits per heavy atom. The number of rotatable bonds is 8. The quantitative estimate of drug-likeness (QED) is 0.119. The van der Waals surface area contributed by atoms with Gasteiger partial charge < -0.3 is 35.3 Å². The Balaban J connectivity index is 0.000000585. The smallest absolute Gasteiger partial charge is 0.414 e. The third-order valence-electron chi connectivity index (χ3n) is 6.84. The van der Waals surface area contributed by atoms with Gasteiger partial charge in [0.15, 0.2) is 5.52 Å². The number of pyridine rings is 1. The van der Waals surface area contributed by atoms with Crippen LogP contribution in [-0.4, -0.2) is 84.8 Å². The number of carbonyl (C=O) groups is 2. The number of hydrogen-bond acceptors (Lipinski definition) is 10. The Morgan fingerprint density at radius 1 is 1.20 bits per heavy atom. The number of carboxylic acids is 2. The highest BCUT2D eigenvalue weighted by Crippen LogP contribution is 2.28. The van der Waals surface area contributed by atoms with Crippen LogP contribution in [0.4, 0.5) is 5.69 Å². The highest BCUT2D eigenvalue weighted by atomic mass is 16.6. The first kappa shape index (κ1) is 29.3. The molecule has 1 aliphatic heterocycles. The summed E-state index contributed by atoms with van der Waals surface area (Å²) in [5, 5.41) is 41.4. The molecule has 0 unspecified atom stereocenters. The summed E-state index contributed by atoms with van der Waals surface area (Å²) in [6.45, 7) is 2.81. The van der Waals surface area contributed by atoms with Gasteiger partial charge in [0.05, 0.1) is 35.7 Å². The van der Waals surface area contributed by atoms with E-state index in [4.69, 9.17) is 24.5 Å². The molecule has 0 saturated carbocycles. The molecular formula is C27H30N6O8. The Morgan fingerprint density at radius 2 is 1.93 bits per heavy atom. The molecule has 0 spiro atoms. The predicted octanol–water partition coefficient (Wildman–Crippen LogP) is 2.47. The number of aliphatic hydroxyl groups is 1. The van der Waals surface area contributed by atoms with Crippen LogP contribution in [0, 0.1) is 10.1 Å². The molecule has 2 aromatic heterocycles. The molecule has 5 rings (SSSR count). The van der Waals surface area contributed by atoms with Gasteiger partial charge in [0.1, 0.15) is 11.6 Å². The summed E-state index contributed by atoms with van der Waals surface area (Å²) in [4.78, 5) is 43.3. The van der Waals surface area contributed by atoms with Crippen molar-refractivity contribution in [2.24, 2.45) is 0 Å². The van der Waals surface area contributed by atoms with Crippen molar-refractivity contribution < 1.29 is 34.6 Å². The van der Waals surface area contributed by atoms with Gasteiger partial charge in [-0.25, -0.2) is 14.6 Å². The van der Waals surface area contributed by atoms with E-state index in [0.717, 1.165) is 48.1 Å². The second-order valence-electron chi connectivity index (χ2n) is 9.48. The average Bonchev–Trinajstić information content (AvgIpc) is 3.39. The maximum absolute atomic E-state index is 11.2. The van der Waals surface area contributed by atoms with Crippen molar-refractivity contribution in [2.45, 2.75) is 31.5 Å². The van der Waals surface area contributed by atoms with Gasteiger partial charge in [0.2, 0.25) is 0 Å². The van der Waals surface area contributed by atoms with Crippen molar-refractivity contribution in [3.63, 3.8) is 0 Å². The Hall–Kier alpha value is -4.66. The van der Waals surface area contributed by atoms with Crippen molar-refractivity contribution in [2.75, 3.05) is 26.7 Å². The van der Waals surface area contributed by atoms with Crippen LogP contribution < -0.4 is 10.1 Å². The molecule has 1 atom stereocenters. The fourth-order valence-electron chi connectivity index (χ4n) is 4.77. The molecule has 3 heterocycles. The van der Waals surface area contributed by atoms with Crippen molar-refractivity contribution >= 4 is 39.6 Å². The molecule has 216 valence electrons. The van der Waals surface area contributed by atoms with Crippen LogP contribution in [0.15, 0.2) is 48.7 Å². The molecule has 1 saturated heterocycles. The summed E-state index contributed by atoms with van der Waals surface area (Å²) >= 11 is 0. The van der Waals surface area contributed by atoms with E-state index in [9.17, 15) is 15.2 Å². The first-order valence-corrected chi connectivity index (χ1v) is 12.8. The molecule has 2 aromatic carbocycles. The number of imidazole rings is 1. The molecule has 4 aromatic rings. The summed E-state index contributed by atoms with van der Waals surface area (Å²) in [5.41, 5.74) is 2.76. The number of aromatic amines is 1. The Bertz CT molecular complexity index is 1540. The number of methoxy groups -OCH3 is 1. The summed E-state index contributed by atoms with van der Waals surface area (Å²) in [5.74, 6) is -2.22. The van der Waals surface area contributed by atoms with E-state index >= 15 is 0 Å².